The molecule has 6 heteroatoms. The highest BCUT2D eigenvalue weighted by atomic mass is 15.0. The summed E-state index contributed by atoms with van der Waals surface area (Å²) in [5, 5.41) is 4.90. The summed E-state index contributed by atoms with van der Waals surface area (Å²) in [5.74, 6) is 0. The monoisotopic (exact) mass is 578 g/mol. The molecule has 0 saturated carbocycles. The molecule has 5 aromatic carbocycles. The van der Waals surface area contributed by atoms with Crippen molar-refractivity contribution in [2.75, 3.05) is 0 Å². The summed E-state index contributed by atoms with van der Waals surface area (Å²) in [6.45, 7) is 2.14. The summed E-state index contributed by atoms with van der Waals surface area (Å²) in [5.41, 5.74) is 12.0. The Kier molecular flexibility index (Phi) is 5.62. The Balaban J connectivity index is 1.34. The maximum absolute atomic E-state index is 4.33. The SMILES string of the molecule is Cc1c(-c2cncnc2)cc(-n2c3ccccc3c3cc(-n4c5ccccc5c5ccccc54)ccc32)cc1-c1cncnc1. The molecule has 4 heterocycles. The minimum absolute atomic E-state index is 0.962. The van der Waals surface area contributed by atoms with Crippen molar-refractivity contribution in [1.29, 1.82) is 0 Å². The van der Waals surface area contributed by atoms with Gasteiger partial charge in [0.25, 0.3) is 0 Å². The molecule has 0 fully saturated rings. The van der Waals surface area contributed by atoms with Crippen molar-refractivity contribution < 1.29 is 0 Å². The Bertz CT molecular complexity index is 2430. The van der Waals surface area contributed by atoms with Crippen LogP contribution in [0.5, 0.6) is 0 Å². The van der Waals surface area contributed by atoms with Crippen molar-refractivity contribution in [2.45, 2.75) is 6.92 Å². The number of hydrogen-bond donors (Lipinski definition) is 0. The fourth-order valence-corrected chi connectivity index (χ4v) is 6.88. The van der Waals surface area contributed by atoms with E-state index < -0.39 is 0 Å². The van der Waals surface area contributed by atoms with Gasteiger partial charge in [0, 0.05) is 68.8 Å². The number of benzene rings is 5. The van der Waals surface area contributed by atoms with Crippen LogP contribution in [0.3, 0.4) is 0 Å². The summed E-state index contributed by atoms with van der Waals surface area (Å²) in [6.07, 6.45) is 10.6. The van der Waals surface area contributed by atoms with Crippen LogP contribution in [-0.2, 0) is 0 Å². The van der Waals surface area contributed by atoms with Gasteiger partial charge in [0.15, 0.2) is 0 Å². The van der Waals surface area contributed by atoms with Gasteiger partial charge in [-0.1, -0.05) is 54.6 Å². The van der Waals surface area contributed by atoms with Crippen molar-refractivity contribution in [3.05, 3.63) is 146 Å². The Morgan fingerprint density at radius 2 is 0.844 bits per heavy atom. The quantitative estimate of drug-likeness (QED) is 0.209. The standard InChI is InChI=1S/C39H26N6/c1-25-33(26-19-40-23-41-20-26)17-29(18-34(25)27-21-42-24-43-22-27)45-38-13-7-4-10-32(38)35-16-28(14-15-39(35)45)44-36-11-5-2-8-30(36)31-9-3-6-12-37(31)44/h2-24H,1H3. The van der Waals surface area contributed by atoms with Crippen LogP contribution in [0.15, 0.2) is 141 Å². The molecular weight excluding hydrogens is 552 g/mol. The second-order valence-electron chi connectivity index (χ2n) is 11.3. The summed E-state index contributed by atoms with van der Waals surface area (Å²) in [4.78, 5) is 17.3. The number of para-hydroxylation sites is 3. The van der Waals surface area contributed by atoms with E-state index in [0.717, 1.165) is 50.2 Å². The number of nitrogens with zero attached hydrogens (tertiary/aromatic N) is 6. The van der Waals surface area contributed by atoms with Gasteiger partial charge < -0.3 is 9.13 Å². The molecule has 0 atom stereocenters. The molecule has 0 aliphatic carbocycles. The van der Waals surface area contributed by atoms with Crippen molar-refractivity contribution >= 4 is 43.6 Å². The molecule has 4 aromatic heterocycles. The van der Waals surface area contributed by atoms with Crippen molar-refractivity contribution in [3.8, 4) is 33.6 Å². The smallest absolute Gasteiger partial charge is 0.115 e. The topological polar surface area (TPSA) is 61.4 Å². The Hall–Kier alpha value is -6.14. The van der Waals surface area contributed by atoms with E-state index in [-0.39, 0.29) is 0 Å². The van der Waals surface area contributed by atoms with E-state index in [0.29, 0.717) is 0 Å². The normalized spacial score (nSPS) is 11.7. The summed E-state index contributed by atoms with van der Waals surface area (Å²) in [6, 6.07) is 37.3. The Morgan fingerprint density at radius 1 is 0.422 bits per heavy atom. The van der Waals surface area contributed by atoms with Gasteiger partial charge in [0.1, 0.15) is 12.7 Å². The minimum Gasteiger partial charge on any atom is -0.309 e. The van der Waals surface area contributed by atoms with Crippen LogP contribution in [0.4, 0.5) is 0 Å². The lowest BCUT2D eigenvalue weighted by atomic mass is 9.94. The van der Waals surface area contributed by atoms with Gasteiger partial charge in [-0.15, -0.1) is 0 Å². The van der Waals surface area contributed by atoms with Crippen molar-refractivity contribution in [1.82, 2.24) is 29.1 Å². The zero-order valence-corrected chi connectivity index (χ0v) is 24.5. The molecule has 0 bridgehead atoms. The van der Waals surface area contributed by atoms with E-state index in [1.807, 2.05) is 24.8 Å². The molecule has 9 rings (SSSR count). The predicted octanol–water partition coefficient (Wildman–Crippen LogP) is 9.10. The molecule has 0 N–H and O–H groups in total. The third-order valence-electron chi connectivity index (χ3n) is 8.89. The molecule has 0 aliphatic rings. The third-order valence-corrected chi connectivity index (χ3v) is 8.89. The first-order valence-corrected chi connectivity index (χ1v) is 14.9. The molecule has 212 valence electrons. The first-order chi connectivity index (χ1) is 22.3. The van der Waals surface area contributed by atoms with Gasteiger partial charge in [0.2, 0.25) is 0 Å². The van der Waals surface area contributed by atoms with Gasteiger partial charge in [0.05, 0.1) is 22.1 Å². The highest BCUT2D eigenvalue weighted by molar-refractivity contribution is 6.12. The second kappa shape index (κ2) is 9.96. The maximum Gasteiger partial charge on any atom is 0.115 e. The lowest BCUT2D eigenvalue weighted by Crippen LogP contribution is -1.99. The molecule has 9 aromatic rings. The van der Waals surface area contributed by atoms with Gasteiger partial charge in [-0.2, -0.15) is 0 Å². The Labute approximate surface area is 258 Å². The van der Waals surface area contributed by atoms with Crippen LogP contribution in [0.1, 0.15) is 5.56 Å². The van der Waals surface area contributed by atoms with Gasteiger partial charge in [-0.25, -0.2) is 19.9 Å². The van der Waals surface area contributed by atoms with E-state index in [4.69, 9.17) is 0 Å². The molecule has 0 unspecified atom stereocenters. The van der Waals surface area contributed by atoms with Crippen molar-refractivity contribution in [3.63, 3.8) is 0 Å². The molecule has 0 spiro atoms. The lowest BCUT2D eigenvalue weighted by Gasteiger charge is -2.17. The highest BCUT2D eigenvalue weighted by Crippen LogP contribution is 2.39. The van der Waals surface area contributed by atoms with Crippen LogP contribution in [0.2, 0.25) is 0 Å². The molecule has 0 amide bonds. The van der Waals surface area contributed by atoms with E-state index >= 15 is 0 Å². The summed E-state index contributed by atoms with van der Waals surface area (Å²) in [7, 11) is 0. The second-order valence-corrected chi connectivity index (χ2v) is 11.3. The van der Waals surface area contributed by atoms with Gasteiger partial charge in [-0.05, 0) is 72.1 Å². The Morgan fingerprint density at radius 3 is 1.36 bits per heavy atom. The van der Waals surface area contributed by atoms with E-state index in [1.165, 1.54) is 32.6 Å². The average molecular weight is 579 g/mol. The van der Waals surface area contributed by atoms with E-state index in [2.05, 4.69) is 139 Å². The third kappa shape index (κ3) is 3.89. The number of rotatable bonds is 4. The fraction of sp³-hybridized carbons (Fsp3) is 0.0256. The number of aromatic nitrogens is 6. The first-order valence-electron chi connectivity index (χ1n) is 14.9. The lowest BCUT2D eigenvalue weighted by molar-refractivity contribution is 1.14. The summed E-state index contributed by atoms with van der Waals surface area (Å²) >= 11 is 0. The van der Waals surface area contributed by atoms with Gasteiger partial charge in [-0.3, -0.25) is 0 Å². The van der Waals surface area contributed by atoms with Crippen LogP contribution in [0.25, 0.3) is 77.2 Å². The largest absolute Gasteiger partial charge is 0.309 e. The zero-order chi connectivity index (χ0) is 29.9. The molecule has 0 aliphatic heterocycles. The molecule has 45 heavy (non-hydrogen) atoms. The maximum atomic E-state index is 4.33. The first kappa shape index (κ1) is 25.4. The van der Waals surface area contributed by atoms with Gasteiger partial charge >= 0.3 is 0 Å². The van der Waals surface area contributed by atoms with Crippen LogP contribution >= 0.6 is 0 Å². The zero-order valence-electron chi connectivity index (χ0n) is 24.5. The number of hydrogen-bond acceptors (Lipinski definition) is 4. The average Bonchev–Trinajstić information content (AvgIpc) is 3.62. The van der Waals surface area contributed by atoms with E-state index in [9.17, 15) is 0 Å². The van der Waals surface area contributed by atoms with Crippen LogP contribution < -0.4 is 0 Å². The predicted molar refractivity (Wildman–Crippen MR) is 182 cm³/mol. The molecule has 0 saturated heterocycles. The van der Waals surface area contributed by atoms with Crippen LogP contribution in [-0.4, -0.2) is 29.1 Å². The highest BCUT2D eigenvalue weighted by Gasteiger charge is 2.19. The van der Waals surface area contributed by atoms with Crippen molar-refractivity contribution in [2.24, 2.45) is 0 Å². The minimum atomic E-state index is 0.962. The van der Waals surface area contributed by atoms with E-state index in [1.54, 1.807) is 12.7 Å². The molecular formula is C39H26N6. The molecule has 6 nitrogen and oxygen atoms in total. The number of fused-ring (bicyclic) bond motifs is 6. The summed E-state index contributed by atoms with van der Waals surface area (Å²) < 4.78 is 4.74. The van der Waals surface area contributed by atoms with Crippen LogP contribution in [0, 0.1) is 6.92 Å². The molecule has 0 radical (unpaired) electrons. The fourth-order valence-electron chi connectivity index (χ4n) is 6.88.